The topological polar surface area (TPSA) is 65.2 Å². The summed E-state index contributed by atoms with van der Waals surface area (Å²) >= 11 is 5.80. The van der Waals surface area contributed by atoms with Gasteiger partial charge in [-0.25, -0.2) is 4.79 Å². The van der Waals surface area contributed by atoms with Crippen molar-refractivity contribution in [1.29, 1.82) is 0 Å². The Morgan fingerprint density at radius 2 is 1.88 bits per heavy atom. The van der Waals surface area contributed by atoms with Crippen LogP contribution in [0, 0.1) is 0 Å². The first kappa shape index (κ1) is 16.0. The third-order valence-corrected chi connectivity index (χ3v) is 3.37. The van der Waals surface area contributed by atoms with Crippen LogP contribution in [0.3, 0.4) is 0 Å². The summed E-state index contributed by atoms with van der Waals surface area (Å²) in [5.41, 5.74) is 1.68. The van der Waals surface area contributed by atoms with Crippen LogP contribution < -0.4 is 0 Å². The van der Waals surface area contributed by atoms with E-state index in [1.165, 1.54) is 6.08 Å². The van der Waals surface area contributed by atoms with Crippen molar-refractivity contribution in [2.45, 2.75) is 6.61 Å². The lowest BCUT2D eigenvalue weighted by Gasteiger charge is -1.97. The smallest absolute Gasteiger partial charge is 0.331 e. The second-order valence-corrected chi connectivity index (χ2v) is 5.31. The summed E-state index contributed by atoms with van der Waals surface area (Å²) in [5.74, 6) is 0.199. The Morgan fingerprint density at radius 3 is 2.62 bits per heavy atom. The second-order valence-electron chi connectivity index (χ2n) is 4.87. The Kier molecular flexibility index (Phi) is 5.03. The van der Waals surface area contributed by atoms with Crippen molar-refractivity contribution in [1.82, 2.24) is 10.1 Å². The summed E-state index contributed by atoms with van der Waals surface area (Å²) < 4.78 is 10.1. The molecule has 0 unspecified atom stereocenters. The van der Waals surface area contributed by atoms with Gasteiger partial charge in [-0.05, 0) is 23.8 Å². The van der Waals surface area contributed by atoms with Gasteiger partial charge in [-0.3, -0.25) is 0 Å². The molecule has 0 atom stereocenters. The zero-order valence-corrected chi connectivity index (χ0v) is 13.3. The molecule has 1 heterocycles. The molecule has 5 nitrogen and oxygen atoms in total. The first-order valence-electron chi connectivity index (χ1n) is 7.19. The maximum Gasteiger partial charge on any atom is 0.331 e. The summed E-state index contributed by atoms with van der Waals surface area (Å²) in [6, 6.07) is 16.5. The van der Waals surface area contributed by atoms with E-state index < -0.39 is 5.97 Å². The van der Waals surface area contributed by atoms with Crippen LogP contribution in [0.15, 0.2) is 65.2 Å². The van der Waals surface area contributed by atoms with Crippen molar-refractivity contribution < 1.29 is 14.1 Å². The highest BCUT2D eigenvalue weighted by atomic mass is 35.5. The molecule has 6 heteroatoms. The van der Waals surface area contributed by atoms with Gasteiger partial charge in [0.1, 0.15) is 0 Å². The van der Waals surface area contributed by atoms with Gasteiger partial charge in [0.05, 0.1) is 0 Å². The molecule has 0 saturated heterocycles. The van der Waals surface area contributed by atoms with Crippen LogP contribution in [-0.4, -0.2) is 16.1 Å². The number of halogens is 1. The van der Waals surface area contributed by atoms with Crippen molar-refractivity contribution >= 4 is 23.6 Å². The SMILES string of the molecule is O=C(/C=C/c1ccc(Cl)cc1)OCc1nc(-c2ccccc2)no1. The van der Waals surface area contributed by atoms with Crippen molar-refractivity contribution in [3.05, 3.63) is 77.2 Å². The highest BCUT2D eigenvalue weighted by molar-refractivity contribution is 6.30. The van der Waals surface area contributed by atoms with E-state index in [0.717, 1.165) is 11.1 Å². The van der Waals surface area contributed by atoms with Gasteiger partial charge in [-0.15, -0.1) is 0 Å². The predicted octanol–water partition coefficient (Wildman–Crippen LogP) is 4.15. The largest absolute Gasteiger partial charge is 0.452 e. The minimum Gasteiger partial charge on any atom is -0.452 e. The number of ether oxygens (including phenoxy) is 1. The molecule has 3 aromatic rings. The van der Waals surface area contributed by atoms with E-state index in [1.54, 1.807) is 30.3 Å². The molecule has 1 aromatic heterocycles. The summed E-state index contributed by atoms with van der Waals surface area (Å²) in [5, 5.41) is 4.50. The van der Waals surface area contributed by atoms with E-state index in [1.807, 2.05) is 30.3 Å². The number of esters is 1. The normalized spacial score (nSPS) is 10.9. The molecule has 0 aliphatic rings. The number of hydrogen-bond donors (Lipinski definition) is 0. The lowest BCUT2D eigenvalue weighted by Crippen LogP contribution is -2.00. The quantitative estimate of drug-likeness (QED) is 0.515. The maximum absolute atomic E-state index is 11.7. The van der Waals surface area contributed by atoms with Gasteiger partial charge in [0.15, 0.2) is 6.61 Å². The molecular formula is C18H13ClN2O3. The number of nitrogens with zero attached hydrogens (tertiary/aromatic N) is 2. The van der Waals surface area contributed by atoms with Gasteiger partial charge in [0.25, 0.3) is 5.89 Å². The number of aromatic nitrogens is 2. The number of benzene rings is 2. The zero-order valence-electron chi connectivity index (χ0n) is 12.6. The van der Waals surface area contributed by atoms with Gasteiger partial charge >= 0.3 is 5.97 Å². The lowest BCUT2D eigenvalue weighted by atomic mass is 10.2. The van der Waals surface area contributed by atoms with E-state index in [2.05, 4.69) is 10.1 Å². The van der Waals surface area contributed by atoms with E-state index in [9.17, 15) is 4.79 Å². The Labute approximate surface area is 143 Å². The van der Waals surface area contributed by atoms with Crippen LogP contribution in [0.5, 0.6) is 0 Å². The number of rotatable bonds is 5. The molecule has 0 aliphatic heterocycles. The molecule has 120 valence electrons. The fourth-order valence-electron chi connectivity index (χ4n) is 1.94. The molecular weight excluding hydrogens is 328 g/mol. The van der Waals surface area contributed by atoms with Gasteiger partial charge in [0, 0.05) is 16.7 Å². The van der Waals surface area contributed by atoms with Crippen molar-refractivity contribution in [2.24, 2.45) is 0 Å². The van der Waals surface area contributed by atoms with Crippen molar-refractivity contribution in [2.75, 3.05) is 0 Å². The number of carbonyl (C=O) groups is 1. The standard InChI is InChI=1S/C18H13ClN2O3/c19-15-9-6-13(7-10-15)8-11-17(22)23-12-16-20-18(21-24-16)14-4-2-1-3-5-14/h1-11H,12H2/b11-8+. The highest BCUT2D eigenvalue weighted by Gasteiger charge is 2.09. The third-order valence-electron chi connectivity index (χ3n) is 3.12. The highest BCUT2D eigenvalue weighted by Crippen LogP contribution is 2.15. The molecule has 0 radical (unpaired) electrons. The molecule has 0 spiro atoms. The van der Waals surface area contributed by atoms with Crippen LogP contribution in [0.2, 0.25) is 5.02 Å². The molecule has 0 bridgehead atoms. The summed E-state index contributed by atoms with van der Waals surface area (Å²) in [6.45, 7) is -0.0797. The third kappa shape index (κ3) is 4.30. The molecule has 0 N–H and O–H groups in total. The summed E-state index contributed by atoms with van der Waals surface area (Å²) in [4.78, 5) is 15.9. The monoisotopic (exact) mass is 340 g/mol. The Hall–Kier alpha value is -2.92. The minimum absolute atomic E-state index is 0.0797. The molecule has 0 amide bonds. The van der Waals surface area contributed by atoms with E-state index in [4.69, 9.17) is 20.9 Å². The van der Waals surface area contributed by atoms with Crippen LogP contribution in [0.1, 0.15) is 11.5 Å². The first-order valence-corrected chi connectivity index (χ1v) is 7.57. The lowest BCUT2D eigenvalue weighted by molar-refractivity contribution is -0.139. The minimum atomic E-state index is -0.496. The fraction of sp³-hybridized carbons (Fsp3) is 0.0556. The van der Waals surface area contributed by atoms with Gasteiger partial charge in [-0.1, -0.05) is 59.2 Å². The maximum atomic E-state index is 11.7. The number of hydrogen-bond acceptors (Lipinski definition) is 5. The Morgan fingerprint density at radius 1 is 1.12 bits per heavy atom. The van der Waals surface area contributed by atoms with Crippen LogP contribution >= 0.6 is 11.6 Å². The fourth-order valence-corrected chi connectivity index (χ4v) is 2.06. The summed E-state index contributed by atoms with van der Waals surface area (Å²) in [6.07, 6.45) is 2.97. The van der Waals surface area contributed by atoms with Crippen LogP contribution in [0.25, 0.3) is 17.5 Å². The molecule has 2 aromatic carbocycles. The van der Waals surface area contributed by atoms with Crippen LogP contribution in [0.4, 0.5) is 0 Å². The van der Waals surface area contributed by atoms with Crippen LogP contribution in [-0.2, 0) is 16.1 Å². The first-order chi connectivity index (χ1) is 11.7. The van der Waals surface area contributed by atoms with Gasteiger partial charge in [0.2, 0.25) is 5.82 Å². The van der Waals surface area contributed by atoms with Crippen molar-refractivity contribution in [3.8, 4) is 11.4 Å². The van der Waals surface area contributed by atoms with Crippen molar-refractivity contribution in [3.63, 3.8) is 0 Å². The second kappa shape index (κ2) is 7.57. The Balaban J connectivity index is 1.55. The van der Waals surface area contributed by atoms with Gasteiger partial charge < -0.3 is 9.26 Å². The van der Waals surface area contributed by atoms with E-state index in [-0.39, 0.29) is 12.5 Å². The molecule has 0 aliphatic carbocycles. The molecule has 3 rings (SSSR count). The summed E-state index contributed by atoms with van der Waals surface area (Å²) in [7, 11) is 0. The van der Waals surface area contributed by atoms with E-state index >= 15 is 0 Å². The van der Waals surface area contributed by atoms with Gasteiger partial charge in [-0.2, -0.15) is 4.98 Å². The van der Waals surface area contributed by atoms with E-state index in [0.29, 0.717) is 10.8 Å². The zero-order chi connectivity index (χ0) is 16.8. The average molecular weight is 341 g/mol. The molecule has 0 saturated carbocycles. The average Bonchev–Trinajstić information content (AvgIpc) is 3.09. The molecule has 0 fully saturated rings. The molecule has 24 heavy (non-hydrogen) atoms. The predicted molar refractivity (Wildman–Crippen MR) is 90.0 cm³/mol. The Bertz CT molecular complexity index is 842. The number of carbonyl (C=O) groups excluding carboxylic acids is 1.